The predicted octanol–water partition coefficient (Wildman–Crippen LogP) is 0.189. The van der Waals surface area contributed by atoms with Crippen molar-refractivity contribution in [2.45, 2.75) is 31.8 Å². The Kier molecular flexibility index (Phi) is 5.26. The van der Waals surface area contributed by atoms with Crippen molar-refractivity contribution < 1.29 is 14.3 Å². The molecule has 2 aliphatic rings. The van der Waals surface area contributed by atoms with E-state index in [1.54, 1.807) is 4.52 Å². The molecular weight excluding hydrogens is 336 g/mol. The number of aryl methyl sites for hydroxylation is 1. The molecule has 1 unspecified atom stereocenters. The summed E-state index contributed by atoms with van der Waals surface area (Å²) >= 11 is 0. The minimum atomic E-state index is 0.00147. The summed E-state index contributed by atoms with van der Waals surface area (Å²) in [6.07, 6.45) is 3.10. The average Bonchev–Trinajstić information content (AvgIpc) is 3.35. The fourth-order valence-corrected chi connectivity index (χ4v) is 3.29. The Morgan fingerprint density at radius 1 is 1.23 bits per heavy atom. The van der Waals surface area contributed by atoms with Crippen LogP contribution < -0.4 is 10.2 Å². The van der Waals surface area contributed by atoms with E-state index in [2.05, 4.69) is 25.5 Å². The first-order valence-corrected chi connectivity index (χ1v) is 9.22. The van der Waals surface area contributed by atoms with Crippen LogP contribution in [0.5, 0.6) is 0 Å². The van der Waals surface area contributed by atoms with Gasteiger partial charge in [-0.2, -0.15) is 4.52 Å². The molecule has 2 aliphatic heterocycles. The van der Waals surface area contributed by atoms with E-state index in [1.807, 2.05) is 12.1 Å². The highest BCUT2D eigenvalue weighted by Crippen LogP contribution is 2.14. The summed E-state index contributed by atoms with van der Waals surface area (Å²) < 4.78 is 12.6. The van der Waals surface area contributed by atoms with Crippen molar-refractivity contribution >= 4 is 17.4 Å². The van der Waals surface area contributed by atoms with Gasteiger partial charge in [0, 0.05) is 39.1 Å². The fourth-order valence-electron chi connectivity index (χ4n) is 3.29. The first kappa shape index (κ1) is 17.2. The maximum Gasteiger partial charge on any atom is 0.220 e. The zero-order chi connectivity index (χ0) is 17.8. The van der Waals surface area contributed by atoms with Crippen LogP contribution in [0.2, 0.25) is 0 Å². The molecule has 2 saturated heterocycles. The molecule has 0 saturated carbocycles. The third-order valence-corrected chi connectivity index (χ3v) is 4.77. The van der Waals surface area contributed by atoms with Crippen LogP contribution in [0.4, 0.5) is 5.82 Å². The predicted molar refractivity (Wildman–Crippen MR) is 94.1 cm³/mol. The summed E-state index contributed by atoms with van der Waals surface area (Å²) in [4.78, 5) is 14.3. The zero-order valence-corrected chi connectivity index (χ0v) is 14.8. The molecule has 2 aromatic heterocycles. The van der Waals surface area contributed by atoms with Crippen LogP contribution in [0.15, 0.2) is 12.1 Å². The zero-order valence-electron chi connectivity index (χ0n) is 14.8. The maximum atomic E-state index is 12.1. The Labute approximate surface area is 151 Å². The molecule has 0 spiro atoms. The van der Waals surface area contributed by atoms with Gasteiger partial charge in [0.15, 0.2) is 11.5 Å². The summed E-state index contributed by atoms with van der Waals surface area (Å²) in [6, 6.07) is 3.86. The summed E-state index contributed by atoms with van der Waals surface area (Å²) in [5.74, 6) is 1.58. The van der Waals surface area contributed by atoms with Gasteiger partial charge in [-0.25, -0.2) is 0 Å². The van der Waals surface area contributed by atoms with Gasteiger partial charge in [0.25, 0.3) is 0 Å². The van der Waals surface area contributed by atoms with E-state index >= 15 is 0 Å². The normalized spacial score (nSPS) is 20.6. The molecule has 0 radical (unpaired) electrons. The van der Waals surface area contributed by atoms with Crippen molar-refractivity contribution in [3.05, 3.63) is 18.0 Å². The van der Waals surface area contributed by atoms with E-state index < -0.39 is 0 Å². The molecule has 4 heterocycles. The summed E-state index contributed by atoms with van der Waals surface area (Å²) in [5.41, 5.74) is 0.691. The number of ether oxygens (including phenoxy) is 2. The molecule has 4 rings (SSSR count). The highest BCUT2D eigenvalue weighted by molar-refractivity contribution is 5.76. The number of morpholine rings is 1. The summed E-state index contributed by atoms with van der Waals surface area (Å²) in [6.45, 7) is 4.44. The standard InChI is InChI=1S/C17H24N6O3/c24-17(18-12-13-2-1-9-26-13)6-5-15-20-19-14-3-4-16(21-23(14)15)22-7-10-25-11-8-22/h3-4,13H,1-2,5-12H2,(H,18,24). The molecule has 1 amide bonds. The van der Waals surface area contributed by atoms with Crippen LogP contribution in [-0.4, -0.2) is 71.3 Å². The van der Waals surface area contributed by atoms with Crippen LogP contribution in [0.1, 0.15) is 25.1 Å². The Hall–Kier alpha value is -2.26. The van der Waals surface area contributed by atoms with Crippen molar-refractivity contribution in [3.63, 3.8) is 0 Å². The number of hydrogen-bond donors (Lipinski definition) is 1. The largest absolute Gasteiger partial charge is 0.378 e. The average molecular weight is 360 g/mol. The Balaban J connectivity index is 1.37. The first-order chi connectivity index (χ1) is 12.8. The SMILES string of the molecule is O=C(CCc1nnc2ccc(N3CCOCC3)nn12)NCC1CCCO1. The number of rotatable bonds is 6. The number of anilines is 1. The summed E-state index contributed by atoms with van der Waals surface area (Å²) in [5, 5.41) is 15.9. The van der Waals surface area contributed by atoms with Crippen LogP contribution in [0.3, 0.4) is 0 Å². The highest BCUT2D eigenvalue weighted by atomic mass is 16.5. The third-order valence-electron chi connectivity index (χ3n) is 4.77. The van der Waals surface area contributed by atoms with Gasteiger partial charge in [-0.05, 0) is 25.0 Å². The van der Waals surface area contributed by atoms with Gasteiger partial charge in [-0.1, -0.05) is 0 Å². The van der Waals surface area contributed by atoms with E-state index in [0.717, 1.165) is 38.4 Å². The number of fused-ring (bicyclic) bond motifs is 1. The van der Waals surface area contributed by atoms with Crippen LogP contribution >= 0.6 is 0 Å². The molecule has 0 aromatic carbocycles. The summed E-state index contributed by atoms with van der Waals surface area (Å²) in [7, 11) is 0. The number of carbonyl (C=O) groups excluding carboxylic acids is 1. The van der Waals surface area contributed by atoms with Crippen molar-refractivity contribution in [1.29, 1.82) is 0 Å². The maximum absolute atomic E-state index is 12.1. The van der Waals surface area contributed by atoms with Crippen molar-refractivity contribution in [2.24, 2.45) is 0 Å². The van der Waals surface area contributed by atoms with Crippen LogP contribution in [0, 0.1) is 0 Å². The van der Waals surface area contributed by atoms with Crippen LogP contribution in [0.25, 0.3) is 5.65 Å². The van der Waals surface area contributed by atoms with Crippen molar-refractivity contribution in [3.8, 4) is 0 Å². The minimum absolute atomic E-state index is 0.00147. The lowest BCUT2D eigenvalue weighted by Gasteiger charge is -2.27. The van der Waals surface area contributed by atoms with Gasteiger partial charge in [0.1, 0.15) is 5.82 Å². The van der Waals surface area contributed by atoms with Crippen LogP contribution in [-0.2, 0) is 20.7 Å². The molecule has 9 heteroatoms. The van der Waals surface area contributed by atoms with E-state index in [0.29, 0.717) is 44.1 Å². The molecule has 0 aliphatic carbocycles. The molecule has 9 nitrogen and oxygen atoms in total. The minimum Gasteiger partial charge on any atom is -0.378 e. The second-order valence-corrected chi connectivity index (χ2v) is 6.62. The lowest BCUT2D eigenvalue weighted by atomic mass is 10.2. The number of nitrogens with zero attached hydrogens (tertiary/aromatic N) is 5. The van der Waals surface area contributed by atoms with Crippen molar-refractivity contribution in [2.75, 3.05) is 44.4 Å². The Morgan fingerprint density at radius 3 is 2.92 bits per heavy atom. The van der Waals surface area contributed by atoms with Gasteiger partial charge >= 0.3 is 0 Å². The molecule has 2 fully saturated rings. The molecule has 140 valence electrons. The molecule has 0 bridgehead atoms. The first-order valence-electron chi connectivity index (χ1n) is 9.22. The van der Waals surface area contributed by atoms with Gasteiger partial charge in [0.05, 0.1) is 19.3 Å². The molecule has 1 N–H and O–H groups in total. The third kappa shape index (κ3) is 3.94. The molecule has 1 atom stereocenters. The second kappa shape index (κ2) is 7.96. The van der Waals surface area contributed by atoms with Crippen molar-refractivity contribution in [1.82, 2.24) is 25.1 Å². The smallest absolute Gasteiger partial charge is 0.220 e. The highest BCUT2D eigenvalue weighted by Gasteiger charge is 2.17. The Bertz CT molecular complexity index is 752. The van der Waals surface area contributed by atoms with E-state index in [4.69, 9.17) is 9.47 Å². The van der Waals surface area contributed by atoms with Gasteiger partial charge in [0.2, 0.25) is 5.91 Å². The number of carbonyl (C=O) groups is 1. The van der Waals surface area contributed by atoms with Gasteiger partial charge in [-0.15, -0.1) is 15.3 Å². The van der Waals surface area contributed by atoms with E-state index in [1.165, 1.54) is 0 Å². The number of nitrogens with one attached hydrogen (secondary N) is 1. The monoisotopic (exact) mass is 360 g/mol. The lowest BCUT2D eigenvalue weighted by Crippen LogP contribution is -2.37. The fraction of sp³-hybridized carbons (Fsp3) is 0.647. The molecule has 26 heavy (non-hydrogen) atoms. The number of amides is 1. The number of hydrogen-bond acceptors (Lipinski definition) is 7. The lowest BCUT2D eigenvalue weighted by molar-refractivity contribution is -0.121. The van der Waals surface area contributed by atoms with E-state index in [9.17, 15) is 4.79 Å². The number of aromatic nitrogens is 4. The van der Waals surface area contributed by atoms with E-state index in [-0.39, 0.29) is 12.0 Å². The van der Waals surface area contributed by atoms with Gasteiger partial charge < -0.3 is 19.7 Å². The quantitative estimate of drug-likeness (QED) is 0.786. The molecule has 2 aromatic rings. The second-order valence-electron chi connectivity index (χ2n) is 6.62. The topological polar surface area (TPSA) is 93.9 Å². The molecular formula is C17H24N6O3. The van der Waals surface area contributed by atoms with Gasteiger partial charge in [-0.3, -0.25) is 4.79 Å². The Morgan fingerprint density at radius 2 is 2.12 bits per heavy atom.